The Kier molecular flexibility index (Phi) is 5.74. The lowest BCUT2D eigenvalue weighted by Crippen LogP contribution is -2.47. The van der Waals surface area contributed by atoms with Crippen LogP contribution in [0.2, 0.25) is 10.0 Å². The summed E-state index contributed by atoms with van der Waals surface area (Å²) in [6.45, 7) is 2.69. The molecule has 0 unspecified atom stereocenters. The van der Waals surface area contributed by atoms with Gasteiger partial charge in [-0.1, -0.05) is 23.2 Å². The second kappa shape index (κ2) is 8.04. The minimum Gasteiger partial charge on any atom is -0.492 e. The molecule has 6 nitrogen and oxygen atoms in total. The number of anilines is 1. The van der Waals surface area contributed by atoms with Crippen LogP contribution in [0, 0.1) is 0 Å². The number of hydrogen-bond acceptors (Lipinski definition) is 5. The van der Waals surface area contributed by atoms with E-state index < -0.39 is 15.3 Å². The lowest BCUT2D eigenvalue weighted by atomic mass is 9.73. The summed E-state index contributed by atoms with van der Waals surface area (Å²) in [5.74, 6) is 0.580. The van der Waals surface area contributed by atoms with Gasteiger partial charge in [0, 0.05) is 29.6 Å². The minimum atomic E-state index is -3.36. The van der Waals surface area contributed by atoms with E-state index in [2.05, 4.69) is 10.2 Å². The van der Waals surface area contributed by atoms with Crippen LogP contribution in [0.1, 0.15) is 18.4 Å². The number of sulfone groups is 1. The van der Waals surface area contributed by atoms with Crippen LogP contribution in [-0.4, -0.2) is 51.7 Å². The molecule has 30 heavy (non-hydrogen) atoms. The highest BCUT2D eigenvalue weighted by Crippen LogP contribution is 2.45. The fourth-order valence-electron chi connectivity index (χ4n) is 4.21. The van der Waals surface area contributed by atoms with Gasteiger partial charge in [-0.25, -0.2) is 8.42 Å². The number of nitrogens with one attached hydrogen (secondary N) is 1. The van der Waals surface area contributed by atoms with Gasteiger partial charge in [0.2, 0.25) is 5.91 Å². The molecule has 0 aliphatic carbocycles. The fraction of sp³-hybridized carbons (Fsp3) is 0.381. The van der Waals surface area contributed by atoms with Crippen LogP contribution in [0.3, 0.4) is 0 Å². The van der Waals surface area contributed by atoms with E-state index in [-0.39, 0.29) is 15.8 Å². The Morgan fingerprint density at radius 2 is 1.87 bits per heavy atom. The molecule has 2 heterocycles. The van der Waals surface area contributed by atoms with Gasteiger partial charge in [-0.2, -0.15) is 0 Å². The van der Waals surface area contributed by atoms with Gasteiger partial charge in [0.1, 0.15) is 12.4 Å². The molecule has 2 aliphatic rings. The largest absolute Gasteiger partial charge is 0.492 e. The van der Waals surface area contributed by atoms with Gasteiger partial charge < -0.3 is 10.1 Å². The number of rotatable bonds is 5. The Morgan fingerprint density at radius 3 is 2.53 bits per heavy atom. The highest BCUT2D eigenvalue weighted by atomic mass is 35.5. The maximum absolute atomic E-state index is 12.7. The number of nitrogens with zero attached hydrogens (tertiary/aromatic N) is 1. The van der Waals surface area contributed by atoms with Crippen LogP contribution < -0.4 is 10.1 Å². The summed E-state index contributed by atoms with van der Waals surface area (Å²) in [4.78, 5) is 15.1. The van der Waals surface area contributed by atoms with Crippen LogP contribution in [0.15, 0.2) is 41.3 Å². The first-order valence-corrected chi connectivity index (χ1v) is 12.3. The van der Waals surface area contributed by atoms with E-state index in [9.17, 15) is 13.2 Å². The molecule has 2 aromatic rings. The van der Waals surface area contributed by atoms with Gasteiger partial charge in [-0.05, 0) is 61.8 Å². The molecule has 0 radical (unpaired) electrons. The van der Waals surface area contributed by atoms with Crippen molar-refractivity contribution in [2.75, 3.05) is 37.8 Å². The molecule has 1 N–H and O–H groups in total. The van der Waals surface area contributed by atoms with Crippen molar-refractivity contribution >= 4 is 44.6 Å². The monoisotopic (exact) mass is 468 g/mol. The molecule has 0 atom stereocenters. The predicted molar refractivity (Wildman–Crippen MR) is 117 cm³/mol. The molecule has 1 spiro atoms. The van der Waals surface area contributed by atoms with Crippen molar-refractivity contribution in [3.63, 3.8) is 0 Å². The number of fused-ring (bicyclic) bond motifs is 2. The highest BCUT2D eigenvalue weighted by molar-refractivity contribution is 7.90. The number of carbonyl (C=O) groups is 1. The molecule has 1 fully saturated rings. The van der Waals surface area contributed by atoms with Gasteiger partial charge >= 0.3 is 0 Å². The number of likely N-dealkylation sites (tertiary alicyclic amines) is 1. The minimum absolute atomic E-state index is 0.0521. The number of ether oxygens (including phenoxy) is 1. The van der Waals surface area contributed by atoms with Crippen LogP contribution in [0.5, 0.6) is 5.75 Å². The zero-order valence-electron chi connectivity index (χ0n) is 16.5. The number of benzene rings is 2. The molecule has 0 bridgehead atoms. The summed E-state index contributed by atoms with van der Waals surface area (Å²) in [6, 6.07) is 10.1. The second-order valence-corrected chi connectivity index (χ2v) is 10.6. The summed E-state index contributed by atoms with van der Waals surface area (Å²) in [5, 5.41) is 3.78. The molecular formula is C21H22Cl2N2O4S. The average molecular weight is 469 g/mol. The Balaban J connectivity index is 1.34. The first-order chi connectivity index (χ1) is 14.2. The molecule has 1 saturated heterocycles. The molecular weight excluding hydrogens is 447 g/mol. The van der Waals surface area contributed by atoms with E-state index in [0.29, 0.717) is 23.9 Å². The lowest BCUT2D eigenvalue weighted by molar-refractivity contribution is -0.122. The Labute approximate surface area is 186 Å². The summed E-state index contributed by atoms with van der Waals surface area (Å²) in [6.07, 6.45) is 2.57. The van der Waals surface area contributed by atoms with Crippen molar-refractivity contribution < 1.29 is 17.9 Å². The van der Waals surface area contributed by atoms with E-state index >= 15 is 0 Å². The molecule has 0 saturated carbocycles. The quantitative estimate of drug-likeness (QED) is 0.722. The van der Waals surface area contributed by atoms with Crippen LogP contribution in [0.4, 0.5) is 5.69 Å². The molecule has 0 aromatic heterocycles. The summed E-state index contributed by atoms with van der Waals surface area (Å²) < 4.78 is 29.0. The van der Waals surface area contributed by atoms with E-state index in [1.165, 1.54) is 12.1 Å². The van der Waals surface area contributed by atoms with E-state index in [1.807, 2.05) is 12.1 Å². The topological polar surface area (TPSA) is 75.7 Å². The fourth-order valence-corrected chi connectivity index (χ4v) is 5.70. The Hall–Kier alpha value is -1.80. The van der Waals surface area contributed by atoms with Crippen LogP contribution in [-0.2, 0) is 20.0 Å². The van der Waals surface area contributed by atoms with Gasteiger partial charge in [-0.15, -0.1) is 0 Å². The van der Waals surface area contributed by atoms with Crippen molar-refractivity contribution in [1.82, 2.24) is 4.90 Å². The maximum atomic E-state index is 12.7. The van der Waals surface area contributed by atoms with Gasteiger partial charge in [0.15, 0.2) is 9.84 Å². The van der Waals surface area contributed by atoms with Crippen molar-refractivity contribution in [1.29, 1.82) is 0 Å². The zero-order chi connectivity index (χ0) is 21.5. The van der Waals surface area contributed by atoms with Gasteiger partial charge in [0.05, 0.1) is 15.3 Å². The molecule has 1 amide bonds. The Morgan fingerprint density at radius 1 is 1.13 bits per heavy atom. The number of hydrogen-bond donors (Lipinski definition) is 1. The smallest absolute Gasteiger partial charge is 0.235 e. The van der Waals surface area contributed by atoms with Crippen molar-refractivity contribution in [3.05, 3.63) is 52.0 Å². The van der Waals surface area contributed by atoms with Crippen molar-refractivity contribution in [3.8, 4) is 5.75 Å². The van der Waals surface area contributed by atoms with Crippen molar-refractivity contribution in [2.45, 2.75) is 23.2 Å². The van der Waals surface area contributed by atoms with E-state index in [0.717, 1.165) is 43.4 Å². The SMILES string of the molecule is CS(=O)(=O)c1ccc(OCCN2CCC3(CC2)C(=O)Nc2ccc(Cl)cc23)cc1Cl. The third kappa shape index (κ3) is 4.04. The summed E-state index contributed by atoms with van der Waals surface area (Å²) >= 11 is 12.2. The van der Waals surface area contributed by atoms with Crippen molar-refractivity contribution in [2.24, 2.45) is 0 Å². The first-order valence-electron chi connectivity index (χ1n) is 9.65. The highest BCUT2D eigenvalue weighted by Gasteiger charge is 2.48. The average Bonchev–Trinajstić information content (AvgIpc) is 2.94. The molecule has 2 aliphatic heterocycles. The van der Waals surface area contributed by atoms with Crippen LogP contribution >= 0.6 is 23.2 Å². The standard InChI is InChI=1S/C21H22Cl2N2O4S/c1-30(27,28)19-5-3-15(13-17(19)23)29-11-10-25-8-6-21(7-9-25)16-12-14(22)2-4-18(16)24-20(21)26/h2-5,12-13H,6-11H2,1H3,(H,24,26). The summed E-state index contributed by atoms with van der Waals surface area (Å²) in [7, 11) is -3.36. The maximum Gasteiger partial charge on any atom is 0.235 e. The third-order valence-corrected chi connectivity index (χ3v) is 7.68. The number of amides is 1. The zero-order valence-corrected chi connectivity index (χ0v) is 18.8. The molecule has 4 rings (SSSR count). The summed E-state index contributed by atoms with van der Waals surface area (Å²) in [5.41, 5.74) is 1.35. The van der Waals surface area contributed by atoms with E-state index in [1.54, 1.807) is 12.1 Å². The lowest BCUT2D eigenvalue weighted by Gasteiger charge is -2.38. The molecule has 2 aromatic carbocycles. The molecule has 9 heteroatoms. The van der Waals surface area contributed by atoms with E-state index in [4.69, 9.17) is 27.9 Å². The second-order valence-electron chi connectivity index (χ2n) is 7.78. The normalized spacial score (nSPS) is 18.3. The number of piperidine rings is 1. The molecule has 160 valence electrons. The Bertz CT molecular complexity index is 1100. The van der Waals surface area contributed by atoms with Crippen LogP contribution in [0.25, 0.3) is 0 Å². The predicted octanol–water partition coefficient (Wildman–Crippen LogP) is 3.76. The van der Waals surface area contributed by atoms with Gasteiger partial charge in [-0.3, -0.25) is 9.69 Å². The number of halogens is 2. The van der Waals surface area contributed by atoms with Gasteiger partial charge in [0.25, 0.3) is 0 Å². The first kappa shape index (κ1) is 21.4. The number of carbonyl (C=O) groups excluding carboxylic acids is 1. The third-order valence-electron chi connectivity index (χ3n) is 5.87.